The number of rotatable bonds is 8. The molecule has 1 heterocycles. The molecule has 1 fully saturated rings. The Hall–Kier alpha value is -1.75. The standard InChI is InChI=1S/C16H24FN3O5S/c1-12(16(21)18-5-6-20-7-9-25-10-8-20)19-26(22,23)15-11-13(17)3-4-14(15)24-2/h3-4,11-12,19H,5-10H2,1-2H3,(H,18,21). The van der Waals surface area contributed by atoms with E-state index in [1.165, 1.54) is 20.1 Å². The SMILES string of the molecule is COc1ccc(F)cc1S(=O)(=O)NC(C)C(=O)NCCN1CCOCC1. The zero-order chi connectivity index (χ0) is 19.2. The minimum atomic E-state index is -4.12. The van der Waals surface area contributed by atoms with Crippen molar-refractivity contribution < 1.29 is 27.1 Å². The zero-order valence-corrected chi connectivity index (χ0v) is 15.6. The number of hydrogen-bond donors (Lipinski definition) is 2. The highest BCUT2D eigenvalue weighted by Crippen LogP contribution is 2.24. The van der Waals surface area contributed by atoms with Crippen LogP contribution in [0.5, 0.6) is 5.75 Å². The number of hydrogen-bond acceptors (Lipinski definition) is 6. The van der Waals surface area contributed by atoms with Crippen LogP contribution in [0.15, 0.2) is 23.1 Å². The molecule has 1 aliphatic heterocycles. The van der Waals surface area contributed by atoms with Crippen LogP contribution in [0.2, 0.25) is 0 Å². The molecule has 0 saturated carbocycles. The fourth-order valence-electron chi connectivity index (χ4n) is 2.53. The summed E-state index contributed by atoms with van der Waals surface area (Å²) < 4.78 is 50.7. The van der Waals surface area contributed by atoms with Crippen molar-refractivity contribution in [3.8, 4) is 5.75 Å². The number of benzene rings is 1. The molecule has 2 N–H and O–H groups in total. The zero-order valence-electron chi connectivity index (χ0n) is 14.8. The van der Waals surface area contributed by atoms with Crippen LogP contribution >= 0.6 is 0 Å². The highest BCUT2D eigenvalue weighted by atomic mass is 32.2. The first-order chi connectivity index (χ1) is 12.3. The van der Waals surface area contributed by atoms with Gasteiger partial charge in [0.15, 0.2) is 0 Å². The summed E-state index contributed by atoms with van der Waals surface area (Å²) in [6, 6.07) is 2.15. The minimum absolute atomic E-state index is 0.00109. The van der Waals surface area contributed by atoms with Crippen LogP contribution in [-0.4, -0.2) is 71.8 Å². The number of methoxy groups -OCH3 is 1. The van der Waals surface area contributed by atoms with Crippen molar-refractivity contribution >= 4 is 15.9 Å². The molecule has 1 aromatic rings. The van der Waals surface area contributed by atoms with Crippen LogP contribution in [-0.2, 0) is 19.6 Å². The molecule has 0 radical (unpaired) electrons. The number of morpholine rings is 1. The van der Waals surface area contributed by atoms with Crippen molar-refractivity contribution in [2.75, 3.05) is 46.5 Å². The van der Waals surface area contributed by atoms with Crippen LogP contribution in [0.1, 0.15) is 6.92 Å². The molecule has 1 aliphatic rings. The van der Waals surface area contributed by atoms with Gasteiger partial charge in [-0.3, -0.25) is 9.69 Å². The maximum absolute atomic E-state index is 13.4. The molecule has 10 heteroatoms. The monoisotopic (exact) mass is 389 g/mol. The lowest BCUT2D eigenvalue weighted by Gasteiger charge is -2.26. The number of halogens is 1. The van der Waals surface area contributed by atoms with Gasteiger partial charge in [0.05, 0.1) is 26.4 Å². The lowest BCUT2D eigenvalue weighted by Crippen LogP contribution is -2.47. The Bertz CT molecular complexity index is 723. The maximum Gasteiger partial charge on any atom is 0.245 e. The molecule has 0 aliphatic carbocycles. The Morgan fingerprint density at radius 3 is 2.73 bits per heavy atom. The van der Waals surface area contributed by atoms with Gasteiger partial charge < -0.3 is 14.8 Å². The maximum atomic E-state index is 13.4. The quantitative estimate of drug-likeness (QED) is 0.647. The van der Waals surface area contributed by atoms with Gasteiger partial charge in [0.1, 0.15) is 16.5 Å². The second-order valence-corrected chi connectivity index (χ2v) is 7.57. The number of sulfonamides is 1. The number of ether oxygens (including phenoxy) is 2. The summed E-state index contributed by atoms with van der Waals surface area (Å²) in [6.45, 7) is 5.42. The van der Waals surface area contributed by atoms with Crippen molar-refractivity contribution in [2.45, 2.75) is 17.9 Å². The van der Waals surface area contributed by atoms with Gasteiger partial charge in [0.25, 0.3) is 0 Å². The fraction of sp³-hybridized carbons (Fsp3) is 0.562. The molecule has 0 aromatic heterocycles. The summed E-state index contributed by atoms with van der Waals surface area (Å²) in [5, 5.41) is 2.69. The summed E-state index contributed by atoms with van der Waals surface area (Å²) in [4.78, 5) is 13.9. The number of nitrogens with one attached hydrogen (secondary N) is 2. The van der Waals surface area contributed by atoms with E-state index in [9.17, 15) is 17.6 Å². The van der Waals surface area contributed by atoms with Gasteiger partial charge in [0, 0.05) is 26.2 Å². The topological polar surface area (TPSA) is 97.0 Å². The van der Waals surface area contributed by atoms with Crippen molar-refractivity contribution in [1.82, 2.24) is 14.9 Å². The summed E-state index contributed by atoms with van der Waals surface area (Å²) in [5.74, 6) is -1.18. The van der Waals surface area contributed by atoms with E-state index in [-0.39, 0.29) is 10.6 Å². The van der Waals surface area contributed by atoms with Crippen LogP contribution in [0.3, 0.4) is 0 Å². The highest BCUT2D eigenvalue weighted by Gasteiger charge is 2.25. The third kappa shape index (κ3) is 5.63. The van der Waals surface area contributed by atoms with Gasteiger partial charge in [0.2, 0.25) is 15.9 Å². The van der Waals surface area contributed by atoms with Crippen molar-refractivity contribution in [2.24, 2.45) is 0 Å². The Morgan fingerprint density at radius 2 is 2.08 bits per heavy atom. The minimum Gasteiger partial charge on any atom is -0.495 e. The predicted octanol–water partition coefficient (Wildman–Crippen LogP) is -0.0505. The number of carbonyl (C=O) groups is 1. The Morgan fingerprint density at radius 1 is 1.38 bits per heavy atom. The van der Waals surface area contributed by atoms with Crippen molar-refractivity contribution in [3.05, 3.63) is 24.0 Å². The van der Waals surface area contributed by atoms with Crippen molar-refractivity contribution in [1.29, 1.82) is 0 Å². The van der Waals surface area contributed by atoms with E-state index in [4.69, 9.17) is 9.47 Å². The van der Waals surface area contributed by atoms with Gasteiger partial charge in [-0.2, -0.15) is 4.72 Å². The lowest BCUT2D eigenvalue weighted by atomic mass is 10.3. The molecule has 2 rings (SSSR count). The second kappa shape index (κ2) is 9.26. The largest absolute Gasteiger partial charge is 0.495 e. The summed E-state index contributed by atoms with van der Waals surface area (Å²) in [5.41, 5.74) is 0. The summed E-state index contributed by atoms with van der Waals surface area (Å²) >= 11 is 0. The predicted molar refractivity (Wildman–Crippen MR) is 93.0 cm³/mol. The molecule has 146 valence electrons. The Kier molecular flexibility index (Phi) is 7.33. The summed E-state index contributed by atoms with van der Waals surface area (Å²) in [6.07, 6.45) is 0. The Labute approximate surface area is 152 Å². The number of amides is 1. The third-order valence-electron chi connectivity index (χ3n) is 3.97. The molecule has 26 heavy (non-hydrogen) atoms. The van der Waals surface area contributed by atoms with E-state index in [0.717, 1.165) is 25.2 Å². The van der Waals surface area contributed by atoms with Gasteiger partial charge in [-0.05, 0) is 25.1 Å². The van der Waals surface area contributed by atoms with Crippen LogP contribution in [0, 0.1) is 5.82 Å². The van der Waals surface area contributed by atoms with E-state index >= 15 is 0 Å². The molecule has 1 saturated heterocycles. The average molecular weight is 389 g/mol. The molecular weight excluding hydrogens is 365 g/mol. The van der Waals surface area contributed by atoms with Crippen LogP contribution in [0.4, 0.5) is 4.39 Å². The molecule has 0 bridgehead atoms. The molecule has 0 spiro atoms. The molecule has 1 amide bonds. The fourth-order valence-corrected chi connectivity index (χ4v) is 3.91. The highest BCUT2D eigenvalue weighted by molar-refractivity contribution is 7.89. The smallest absolute Gasteiger partial charge is 0.245 e. The van der Waals surface area contributed by atoms with Crippen molar-refractivity contribution in [3.63, 3.8) is 0 Å². The first-order valence-electron chi connectivity index (χ1n) is 8.27. The lowest BCUT2D eigenvalue weighted by molar-refractivity contribution is -0.122. The van der Waals surface area contributed by atoms with Crippen LogP contribution < -0.4 is 14.8 Å². The van der Waals surface area contributed by atoms with Gasteiger partial charge >= 0.3 is 0 Å². The molecule has 1 aromatic carbocycles. The van der Waals surface area contributed by atoms with E-state index < -0.39 is 27.8 Å². The molecule has 8 nitrogen and oxygen atoms in total. The van der Waals surface area contributed by atoms with E-state index in [1.54, 1.807) is 0 Å². The average Bonchev–Trinajstić information content (AvgIpc) is 2.62. The van der Waals surface area contributed by atoms with Crippen LogP contribution in [0.25, 0.3) is 0 Å². The first-order valence-corrected chi connectivity index (χ1v) is 9.75. The second-order valence-electron chi connectivity index (χ2n) is 5.88. The van der Waals surface area contributed by atoms with Gasteiger partial charge in [-0.15, -0.1) is 0 Å². The van der Waals surface area contributed by atoms with E-state index in [2.05, 4.69) is 14.9 Å². The normalized spacial score (nSPS) is 16.9. The summed E-state index contributed by atoms with van der Waals surface area (Å²) in [7, 11) is -2.83. The van der Waals surface area contributed by atoms with Gasteiger partial charge in [-0.25, -0.2) is 12.8 Å². The Balaban J connectivity index is 1.91. The number of carbonyl (C=O) groups excluding carboxylic acids is 1. The molecular formula is C16H24FN3O5S. The number of nitrogens with zero attached hydrogens (tertiary/aromatic N) is 1. The van der Waals surface area contributed by atoms with Gasteiger partial charge in [-0.1, -0.05) is 0 Å². The van der Waals surface area contributed by atoms with E-state index in [0.29, 0.717) is 26.3 Å². The first kappa shape index (κ1) is 20.6. The van der Waals surface area contributed by atoms with E-state index in [1.807, 2.05) is 0 Å². The molecule has 1 unspecified atom stereocenters. The third-order valence-corrected chi connectivity index (χ3v) is 5.53. The molecule has 1 atom stereocenters.